The van der Waals surface area contributed by atoms with Gasteiger partial charge in [0.25, 0.3) is 0 Å². The van der Waals surface area contributed by atoms with Crippen LogP contribution < -0.4 is 0 Å². The molecule has 1 aromatic rings. The van der Waals surface area contributed by atoms with Crippen LogP contribution in [0.4, 0.5) is 0 Å². The number of halogens is 2. The molecule has 4 heteroatoms. The third-order valence-corrected chi connectivity index (χ3v) is 2.56. The van der Waals surface area contributed by atoms with Gasteiger partial charge in [0.1, 0.15) is 0 Å². The van der Waals surface area contributed by atoms with E-state index in [9.17, 15) is 4.79 Å². The molecule has 1 N–H and O–H groups in total. The fourth-order valence-electron chi connectivity index (χ4n) is 1.15. The maximum atomic E-state index is 10.9. The number of aromatic carboxylic acids is 1. The van der Waals surface area contributed by atoms with Gasteiger partial charge in [-0.05, 0) is 18.1 Å². The monoisotopic (exact) mass is 230 g/mol. The van der Waals surface area contributed by atoms with Gasteiger partial charge in [0.05, 0.1) is 15.6 Å². The molecule has 0 spiro atoms. The van der Waals surface area contributed by atoms with Crippen LogP contribution in [0.3, 0.4) is 0 Å². The Morgan fingerprint density at radius 2 is 2.14 bits per heavy atom. The first-order chi connectivity index (χ1) is 6.57. The number of hydrogen-bond acceptors (Lipinski definition) is 1. The summed E-state index contributed by atoms with van der Waals surface area (Å²) in [4.78, 5) is 10.9. The van der Waals surface area contributed by atoms with Crippen LogP contribution in [0.5, 0.6) is 0 Å². The van der Waals surface area contributed by atoms with E-state index in [2.05, 4.69) is 6.58 Å². The third-order valence-electron chi connectivity index (χ3n) is 1.76. The van der Waals surface area contributed by atoms with Crippen LogP contribution in [0.1, 0.15) is 15.9 Å². The Balaban J connectivity index is 3.37. The Bertz CT molecular complexity index is 386. The zero-order chi connectivity index (χ0) is 10.7. The maximum Gasteiger partial charge on any atom is 0.337 e. The van der Waals surface area contributed by atoms with E-state index < -0.39 is 5.97 Å². The first kappa shape index (κ1) is 11.1. The van der Waals surface area contributed by atoms with Gasteiger partial charge in [-0.1, -0.05) is 35.3 Å². The second-order valence-corrected chi connectivity index (χ2v) is 3.48. The molecular weight excluding hydrogens is 223 g/mol. The molecule has 1 rings (SSSR count). The number of carboxylic acids is 1. The molecule has 0 aliphatic rings. The number of carbonyl (C=O) groups is 1. The summed E-state index contributed by atoms with van der Waals surface area (Å²) in [6.45, 7) is 3.54. The summed E-state index contributed by atoms with van der Waals surface area (Å²) in [7, 11) is 0. The van der Waals surface area contributed by atoms with Crippen molar-refractivity contribution in [2.45, 2.75) is 6.42 Å². The first-order valence-electron chi connectivity index (χ1n) is 3.89. The van der Waals surface area contributed by atoms with Crippen molar-refractivity contribution < 1.29 is 9.90 Å². The highest BCUT2D eigenvalue weighted by atomic mass is 35.5. The molecule has 2 nitrogen and oxygen atoms in total. The zero-order valence-corrected chi connectivity index (χ0v) is 8.77. The molecule has 0 unspecified atom stereocenters. The van der Waals surface area contributed by atoms with Crippen molar-refractivity contribution in [2.75, 3.05) is 0 Å². The summed E-state index contributed by atoms with van der Waals surface area (Å²) in [5.41, 5.74) is 0.668. The largest absolute Gasteiger partial charge is 0.478 e. The van der Waals surface area contributed by atoms with E-state index in [1.165, 1.54) is 0 Å². The lowest BCUT2D eigenvalue weighted by molar-refractivity contribution is 0.0696. The summed E-state index contributed by atoms with van der Waals surface area (Å²) in [5.74, 6) is -1.07. The molecule has 74 valence electrons. The third kappa shape index (κ3) is 2.08. The highest BCUT2D eigenvalue weighted by Crippen LogP contribution is 2.28. The van der Waals surface area contributed by atoms with Gasteiger partial charge in [0, 0.05) is 0 Å². The number of rotatable bonds is 3. The van der Waals surface area contributed by atoms with Gasteiger partial charge in [-0.2, -0.15) is 0 Å². The molecule has 0 radical (unpaired) electrons. The van der Waals surface area contributed by atoms with Crippen molar-refractivity contribution in [3.8, 4) is 0 Å². The van der Waals surface area contributed by atoms with E-state index >= 15 is 0 Å². The van der Waals surface area contributed by atoms with Crippen LogP contribution in [-0.4, -0.2) is 11.1 Å². The van der Waals surface area contributed by atoms with Gasteiger partial charge >= 0.3 is 5.97 Å². The Labute approximate surface area is 91.8 Å². The molecular formula is C10H8Cl2O2. The molecule has 1 aromatic carbocycles. The van der Waals surface area contributed by atoms with Crippen molar-refractivity contribution in [2.24, 2.45) is 0 Å². The van der Waals surface area contributed by atoms with E-state index in [0.29, 0.717) is 12.0 Å². The highest BCUT2D eigenvalue weighted by molar-refractivity contribution is 6.43. The van der Waals surface area contributed by atoms with Gasteiger partial charge in [0.15, 0.2) is 0 Å². The standard InChI is InChI=1S/C10H8Cl2O2/c1-2-3-6-4-5-7(11)9(12)8(6)10(13)14/h2,4-5H,1,3H2,(H,13,14). The van der Waals surface area contributed by atoms with Gasteiger partial charge in [-0.25, -0.2) is 4.79 Å². The number of benzene rings is 1. The van der Waals surface area contributed by atoms with E-state index in [0.717, 1.165) is 0 Å². The van der Waals surface area contributed by atoms with Gasteiger partial charge in [-0.3, -0.25) is 0 Å². The predicted octanol–water partition coefficient (Wildman–Crippen LogP) is 3.42. The summed E-state index contributed by atoms with van der Waals surface area (Å²) < 4.78 is 0. The molecule has 0 bridgehead atoms. The minimum absolute atomic E-state index is 0.0547. The smallest absolute Gasteiger partial charge is 0.337 e. The highest BCUT2D eigenvalue weighted by Gasteiger charge is 2.15. The lowest BCUT2D eigenvalue weighted by atomic mass is 10.0. The fraction of sp³-hybridized carbons (Fsp3) is 0.100. The van der Waals surface area contributed by atoms with E-state index in [-0.39, 0.29) is 15.6 Å². The lowest BCUT2D eigenvalue weighted by Crippen LogP contribution is -2.03. The topological polar surface area (TPSA) is 37.3 Å². The van der Waals surface area contributed by atoms with Gasteiger partial charge < -0.3 is 5.11 Å². The predicted molar refractivity (Wildman–Crippen MR) is 57.3 cm³/mol. The van der Waals surface area contributed by atoms with Crippen LogP contribution >= 0.6 is 23.2 Å². The van der Waals surface area contributed by atoms with Crippen molar-refractivity contribution >= 4 is 29.2 Å². The summed E-state index contributed by atoms with van der Waals surface area (Å²) in [6.07, 6.45) is 2.07. The van der Waals surface area contributed by atoms with Crippen LogP contribution in [0, 0.1) is 0 Å². The number of allylic oxidation sites excluding steroid dienone is 1. The second-order valence-electron chi connectivity index (χ2n) is 2.69. The molecule has 0 saturated heterocycles. The van der Waals surface area contributed by atoms with Crippen molar-refractivity contribution in [3.63, 3.8) is 0 Å². The molecule has 14 heavy (non-hydrogen) atoms. The maximum absolute atomic E-state index is 10.9. The zero-order valence-electron chi connectivity index (χ0n) is 7.26. The number of carboxylic acid groups (broad SMARTS) is 1. The van der Waals surface area contributed by atoms with Gasteiger partial charge in [-0.15, -0.1) is 6.58 Å². The molecule has 0 aromatic heterocycles. The van der Waals surface area contributed by atoms with E-state index in [1.807, 2.05) is 0 Å². The van der Waals surface area contributed by atoms with Crippen LogP contribution in [0.25, 0.3) is 0 Å². The number of hydrogen-bond donors (Lipinski definition) is 1. The molecule has 0 fully saturated rings. The van der Waals surface area contributed by atoms with E-state index in [4.69, 9.17) is 28.3 Å². The fourth-order valence-corrected chi connectivity index (χ4v) is 1.57. The molecule has 0 aliphatic carbocycles. The molecule has 0 heterocycles. The molecule has 0 amide bonds. The molecule has 0 saturated carbocycles. The van der Waals surface area contributed by atoms with Gasteiger partial charge in [0.2, 0.25) is 0 Å². The van der Waals surface area contributed by atoms with Crippen LogP contribution in [0.15, 0.2) is 24.8 Å². The molecule has 0 aliphatic heterocycles. The Morgan fingerprint density at radius 1 is 1.50 bits per heavy atom. The van der Waals surface area contributed by atoms with Crippen molar-refractivity contribution in [1.82, 2.24) is 0 Å². The summed E-state index contributed by atoms with van der Waals surface area (Å²) in [5, 5.41) is 9.25. The quantitative estimate of drug-likeness (QED) is 0.809. The average Bonchev–Trinajstić information content (AvgIpc) is 2.11. The normalized spacial score (nSPS) is 9.86. The Morgan fingerprint density at radius 3 is 2.64 bits per heavy atom. The van der Waals surface area contributed by atoms with Crippen molar-refractivity contribution in [3.05, 3.63) is 46.0 Å². The van der Waals surface area contributed by atoms with Crippen molar-refractivity contribution in [1.29, 1.82) is 0 Å². The first-order valence-corrected chi connectivity index (χ1v) is 4.64. The van der Waals surface area contributed by atoms with Crippen LogP contribution in [0.2, 0.25) is 10.0 Å². The Kier molecular flexibility index (Phi) is 3.55. The minimum atomic E-state index is -1.07. The SMILES string of the molecule is C=CCc1ccc(Cl)c(Cl)c1C(=O)O. The average molecular weight is 231 g/mol. The minimum Gasteiger partial charge on any atom is -0.478 e. The summed E-state index contributed by atoms with van der Waals surface area (Å²) in [6, 6.07) is 3.22. The van der Waals surface area contributed by atoms with Crippen LogP contribution in [-0.2, 0) is 6.42 Å². The Hall–Kier alpha value is -0.990. The van der Waals surface area contributed by atoms with E-state index in [1.54, 1.807) is 18.2 Å². The summed E-state index contributed by atoms with van der Waals surface area (Å²) >= 11 is 11.5. The lowest BCUT2D eigenvalue weighted by Gasteiger charge is -2.06. The molecule has 0 atom stereocenters. The second kappa shape index (κ2) is 4.49.